The van der Waals surface area contributed by atoms with E-state index >= 15 is 0 Å². The van der Waals surface area contributed by atoms with Crippen LogP contribution in [0, 0.1) is 0 Å². The van der Waals surface area contributed by atoms with E-state index in [9.17, 15) is 27.6 Å². The number of nitrogens with zero attached hydrogens (tertiary/aromatic N) is 2. The van der Waals surface area contributed by atoms with Gasteiger partial charge in [0.05, 0.1) is 5.56 Å². The van der Waals surface area contributed by atoms with Gasteiger partial charge in [-0.3, -0.25) is 19.3 Å². The molecule has 7 nitrogen and oxygen atoms in total. The van der Waals surface area contributed by atoms with Crippen molar-refractivity contribution in [1.29, 1.82) is 0 Å². The fourth-order valence-corrected chi connectivity index (χ4v) is 3.99. The molecular formula is C20H24ClF3N4O3. The van der Waals surface area contributed by atoms with E-state index in [0.717, 1.165) is 25.0 Å². The summed E-state index contributed by atoms with van der Waals surface area (Å²) in [5, 5.41) is 5.12. The predicted molar refractivity (Wildman–Crippen MR) is 109 cm³/mol. The van der Waals surface area contributed by atoms with Crippen molar-refractivity contribution in [2.45, 2.75) is 31.5 Å². The summed E-state index contributed by atoms with van der Waals surface area (Å²) in [4.78, 5) is 39.7. The number of rotatable bonds is 4. The summed E-state index contributed by atoms with van der Waals surface area (Å²) >= 11 is 5.41. The lowest BCUT2D eigenvalue weighted by Gasteiger charge is -2.39. The van der Waals surface area contributed by atoms with Gasteiger partial charge >= 0.3 is 6.18 Å². The van der Waals surface area contributed by atoms with Crippen molar-refractivity contribution in [3.8, 4) is 0 Å². The Hall–Kier alpha value is -2.33. The minimum absolute atomic E-state index is 0.0397. The Kier molecular flexibility index (Phi) is 7.42. The highest BCUT2D eigenvalue weighted by atomic mass is 35.5. The third-order valence-corrected chi connectivity index (χ3v) is 5.78. The molecule has 11 heteroatoms. The van der Waals surface area contributed by atoms with E-state index in [0.29, 0.717) is 39.1 Å². The Labute approximate surface area is 182 Å². The zero-order chi connectivity index (χ0) is 22.6. The molecule has 0 saturated carbocycles. The Morgan fingerprint density at radius 3 is 2.48 bits per heavy atom. The summed E-state index contributed by atoms with van der Waals surface area (Å²) in [6.07, 6.45) is -2.63. The Morgan fingerprint density at radius 1 is 1.13 bits per heavy atom. The van der Waals surface area contributed by atoms with E-state index < -0.39 is 29.4 Å². The topological polar surface area (TPSA) is 81.8 Å². The largest absolute Gasteiger partial charge is 0.416 e. The van der Waals surface area contributed by atoms with E-state index in [-0.39, 0.29) is 23.2 Å². The third-order valence-electron chi connectivity index (χ3n) is 5.53. The number of hydrogen-bond donors (Lipinski definition) is 2. The molecule has 2 heterocycles. The van der Waals surface area contributed by atoms with Gasteiger partial charge in [0.1, 0.15) is 5.88 Å². The first-order valence-electron chi connectivity index (χ1n) is 10.1. The summed E-state index contributed by atoms with van der Waals surface area (Å²) in [6.45, 7) is 2.52. The second-order valence-corrected chi connectivity index (χ2v) is 7.91. The first-order valence-corrected chi connectivity index (χ1v) is 10.6. The Morgan fingerprint density at radius 2 is 1.84 bits per heavy atom. The highest BCUT2D eigenvalue weighted by molar-refractivity contribution is 6.29. The van der Waals surface area contributed by atoms with Crippen molar-refractivity contribution >= 4 is 35.0 Å². The fourth-order valence-electron chi connectivity index (χ4n) is 3.93. The van der Waals surface area contributed by atoms with Crippen LogP contribution in [0.2, 0.25) is 0 Å². The molecule has 2 aliphatic rings. The lowest BCUT2D eigenvalue weighted by molar-refractivity contribution is -0.137. The Bertz CT molecular complexity index is 841. The summed E-state index contributed by atoms with van der Waals surface area (Å²) in [5.41, 5.74) is -1.28. The number of carbonyl (C=O) groups excluding carboxylic acids is 3. The number of carbonyl (C=O) groups is 3. The molecule has 1 aromatic rings. The summed E-state index contributed by atoms with van der Waals surface area (Å²) in [7, 11) is 0. The van der Waals surface area contributed by atoms with Gasteiger partial charge in [0, 0.05) is 56.4 Å². The lowest BCUT2D eigenvalue weighted by Crippen LogP contribution is -2.52. The van der Waals surface area contributed by atoms with E-state index in [2.05, 4.69) is 15.5 Å². The van der Waals surface area contributed by atoms with E-state index in [1.165, 1.54) is 11.0 Å². The molecule has 2 saturated heterocycles. The quantitative estimate of drug-likeness (QED) is 0.676. The number of nitrogens with one attached hydrogen (secondary N) is 2. The van der Waals surface area contributed by atoms with Crippen LogP contribution in [0.1, 0.15) is 35.2 Å². The maximum absolute atomic E-state index is 13.3. The average molecular weight is 461 g/mol. The summed E-state index contributed by atoms with van der Waals surface area (Å²) in [5.74, 6) is -1.56. The minimum Gasteiger partial charge on any atom is -0.356 e. The highest BCUT2D eigenvalue weighted by Gasteiger charge is 2.33. The molecule has 170 valence electrons. The zero-order valence-electron chi connectivity index (χ0n) is 16.8. The molecule has 1 unspecified atom stereocenters. The molecule has 1 atom stereocenters. The number of amides is 3. The molecule has 31 heavy (non-hydrogen) atoms. The number of halogens is 4. The van der Waals surface area contributed by atoms with Gasteiger partial charge in [0.15, 0.2) is 0 Å². The van der Waals surface area contributed by atoms with Gasteiger partial charge in [-0.25, -0.2) is 0 Å². The van der Waals surface area contributed by atoms with Gasteiger partial charge in [0.2, 0.25) is 11.8 Å². The average Bonchev–Trinajstić information content (AvgIpc) is 2.97. The van der Waals surface area contributed by atoms with Gasteiger partial charge in [-0.2, -0.15) is 13.2 Å². The smallest absolute Gasteiger partial charge is 0.356 e. The summed E-state index contributed by atoms with van der Waals surface area (Å²) < 4.78 is 39.9. The van der Waals surface area contributed by atoms with Crippen LogP contribution in [0.4, 0.5) is 18.9 Å². The number of benzene rings is 1. The standard InChI is InChI=1S/C20H24ClF3N4O3/c21-12-18(30)26-15-10-13(9-14(11-15)20(22,23)24)19(31)28-7-5-27(6-8-28)16-1-2-17(29)25-4-3-16/h9-11,16H,1-8,12H2,(H,25,29)(H,26,30). The first kappa shape index (κ1) is 23.3. The maximum atomic E-state index is 13.3. The molecule has 0 aliphatic carbocycles. The minimum atomic E-state index is -4.67. The van der Waals surface area contributed by atoms with Crippen molar-refractivity contribution in [3.05, 3.63) is 29.3 Å². The Balaban J connectivity index is 1.70. The molecular weight excluding hydrogens is 437 g/mol. The molecule has 3 amide bonds. The number of anilines is 1. The monoisotopic (exact) mass is 460 g/mol. The maximum Gasteiger partial charge on any atom is 0.416 e. The second kappa shape index (κ2) is 9.86. The van der Waals surface area contributed by atoms with Crippen LogP contribution < -0.4 is 10.6 Å². The van der Waals surface area contributed by atoms with Gasteiger partial charge in [-0.1, -0.05) is 0 Å². The highest BCUT2D eigenvalue weighted by Crippen LogP contribution is 2.32. The SMILES string of the molecule is O=C1CCC(N2CCN(C(=O)c3cc(NC(=O)CCl)cc(C(F)(F)F)c3)CC2)CCN1. The first-order chi connectivity index (χ1) is 14.7. The van der Waals surface area contributed by atoms with Crippen LogP contribution in [0.15, 0.2) is 18.2 Å². The molecule has 2 aliphatic heterocycles. The second-order valence-electron chi connectivity index (χ2n) is 7.64. The van der Waals surface area contributed by atoms with Crippen LogP contribution in [0.25, 0.3) is 0 Å². The van der Waals surface area contributed by atoms with Crippen molar-refractivity contribution in [2.75, 3.05) is 43.9 Å². The van der Waals surface area contributed by atoms with E-state index in [1.54, 1.807) is 0 Å². The van der Waals surface area contributed by atoms with Gasteiger partial charge in [-0.15, -0.1) is 11.6 Å². The van der Waals surface area contributed by atoms with Crippen LogP contribution >= 0.6 is 11.6 Å². The molecule has 0 radical (unpaired) electrons. The molecule has 0 spiro atoms. The lowest BCUT2D eigenvalue weighted by atomic mass is 10.0. The number of piperazine rings is 1. The van der Waals surface area contributed by atoms with Gasteiger partial charge in [0.25, 0.3) is 5.91 Å². The van der Waals surface area contributed by atoms with Crippen molar-refractivity contribution in [1.82, 2.24) is 15.1 Å². The normalized spacial score (nSPS) is 20.7. The van der Waals surface area contributed by atoms with Crippen molar-refractivity contribution in [2.24, 2.45) is 0 Å². The molecule has 2 fully saturated rings. The predicted octanol–water partition coefficient (Wildman–Crippen LogP) is 2.31. The van der Waals surface area contributed by atoms with Crippen LogP contribution in [0.5, 0.6) is 0 Å². The molecule has 1 aromatic carbocycles. The zero-order valence-corrected chi connectivity index (χ0v) is 17.6. The number of alkyl halides is 4. The molecule has 2 N–H and O–H groups in total. The van der Waals surface area contributed by atoms with Crippen LogP contribution in [-0.2, 0) is 15.8 Å². The molecule has 0 aromatic heterocycles. The van der Waals surface area contributed by atoms with Gasteiger partial charge < -0.3 is 15.5 Å². The third kappa shape index (κ3) is 6.10. The number of hydrogen-bond acceptors (Lipinski definition) is 4. The van der Waals surface area contributed by atoms with Gasteiger partial charge in [-0.05, 0) is 31.0 Å². The molecule has 0 bridgehead atoms. The van der Waals surface area contributed by atoms with E-state index in [1.807, 2.05) is 0 Å². The van der Waals surface area contributed by atoms with Crippen molar-refractivity contribution in [3.63, 3.8) is 0 Å². The molecule has 3 rings (SSSR count). The fraction of sp³-hybridized carbons (Fsp3) is 0.550. The van der Waals surface area contributed by atoms with Crippen LogP contribution in [0.3, 0.4) is 0 Å². The van der Waals surface area contributed by atoms with Crippen molar-refractivity contribution < 1.29 is 27.6 Å². The van der Waals surface area contributed by atoms with Crippen LogP contribution in [-0.4, -0.2) is 72.2 Å². The van der Waals surface area contributed by atoms with E-state index in [4.69, 9.17) is 11.6 Å². The summed E-state index contributed by atoms with van der Waals surface area (Å²) in [6, 6.07) is 3.05.